The summed E-state index contributed by atoms with van der Waals surface area (Å²) in [5.41, 5.74) is 0.596. The fourth-order valence-electron chi connectivity index (χ4n) is 5.71. The number of benzene rings is 4. The minimum absolute atomic E-state index is 0. The number of phenolic OH excluding ortho intramolecular Hbond substituents is 7. The van der Waals surface area contributed by atoms with Gasteiger partial charge in [0.15, 0.2) is 46.0 Å². The van der Waals surface area contributed by atoms with Crippen molar-refractivity contribution in [3.05, 3.63) is 94.5 Å². The summed E-state index contributed by atoms with van der Waals surface area (Å²) in [6.07, 6.45) is -6.77. The van der Waals surface area contributed by atoms with Crippen LogP contribution in [0.3, 0.4) is 0 Å². The molecule has 1 heterocycles. The van der Waals surface area contributed by atoms with E-state index >= 15 is 0 Å². The molecule has 0 saturated heterocycles. The molecular weight excluding hydrogens is 713 g/mol. The van der Waals surface area contributed by atoms with Crippen molar-refractivity contribution in [2.24, 2.45) is 0 Å². The summed E-state index contributed by atoms with van der Waals surface area (Å²) in [4.78, 5) is 50.7. The summed E-state index contributed by atoms with van der Waals surface area (Å²) < 4.78 is 16.5. The van der Waals surface area contributed by atoms with Crippen LogP contribution in [0.5, 0.6) is 46.0 Å². The molecule has 0 saturated carbocycles. The number of hydrogen-bond acceptors (Lipinski definition) is 16. The number of carboxylic acids is 2. The number of carbonyl (C=O) groups is 4. The summed E-state index contributed by atoms with van der Waals surface area (Å²) in [7, 11) is 0. The predicted molar refractivity (Wildman–Crippen MR) is 175 cm³/mol. The van der Waals surface area contributed by atoms with Crippen molar-refractivity contribution in [3.8, 4) is 46.0 Å². The Morgan fingerprint density at radius 3 is 1.64 bits per heavy atom. The summed E-state index contributed by atoms with van der Waals surface area (Å²) in [5.74, 6) is -11.2. The van der Waals surface area contributed by atoms with Gasteiger partial charge in [-0.3, -0.25) is 9.59 Å². The smallest absolute Gasteiger partial charge is 0.546 e. The zero-order valence-electron chi connectivity index (χ0n) is 27.5. The molecule has 0 radical (unpaired) electrons. The van der Waals surface area contributed by atoms with Crippen molar-refractivity contribution in [1.82, 2.24) is 0 Å². The van der Waals surface area contributed by atoms with Gasteiger partial charge in [0.05, 0.1) is 11.9 Å². The van der Waals surface area contributed by atoms with Crippen molar-refractivity contribution in [2.75, 3.05) is 0 Å². The first kappa shape index (κ1) is 39.7. The quantitative estimate of drug-likeness (QED) is 0.0547. The molecule has 0 bridgehead atoms. The van der Waals surface area contributed by atoms with Gasteiger partial charge in [0.2, 0.25) is 0 Å². The zero-order valence-corrected chi connectivity index (χ0v) is 28.9. The SMILES string of the molecule is O=C(CCc1ccc(O)c2c1[C@H](C(=O)O[C@H](Cc1ccc(O)c(O)c1)C(=O)[O-])[C@@H](c1ccc(O)c(O)c1)O2)O[C@H](Cc1ccc(O)c(O)c1)C(=O)[O-].[Mg+2]. The molecule has 1 aliphatic heterocycles. The van der Waals surface area contributed by atoms with Crippen molar-refractivity contribution in [3.63, 3.8) is 0 Å². The van der Waals surface area contributed by atoms with Crippen LogP contribution >= 0.6 is 0 Å². The van der Waals surface area contributed by atoms with Gasteiger partial charge in [0.1, 0.15) is 24.2 Å². The Balaban J connectivity index is 0.00000627. The van der Waals surface area contributed by atoms with Gasteiger partial charge in [0.25, 0.3) is 0 Å². The average Bonchev–Trinajstić information content (AvgIpc) is 3.50. The van der Waals surface area contributed by atoms with Crippen molar-refractivity contribution in [2.45, 2.75) is 49.9 Å². The number of phenols is 7. The van der Waals surface area contributed by atoms with Gasteiger partial charge < -0.3 is 69.8 Å². The van der Waals surface area contributed by atoms with Crippen LogP contribution in [0.2, 0.25) is 0 Å². The molecule has 1 aliphatic rings. The molecule has 4 aromatic rings. The van der Waals surface area contributed by atoms with Gasteiger partial charge in [0, 0.05) is 24.8 Å². The van der Waals surface area contributed by atoms with E-state index in [1.807, 2.05) is 0 Å². The summed E-state index contributed by atoms with van der Waals surface area (Å²) in [6, 6.07) is 13.0. The molecule has 0 aromatic heterocycles. The molecule has 4 atom stereocenters. The molecular formula is C36H30MgO16. The molecule has 272 valence electrons. The Morgan fingerprint density at radius 1 is 0.642 bits per heavy atom. The third kappa shape index (κ3) is 9.05. The van der Waals surface area contributed by atoms with Gasteiger partial charge in [-0.15, -0.1) is 0 Å². The van der Waals surface area contributed by atoms with Crippen molar-refractivity contribution < 1.29 is 79.3 Å². The Bertz CT molecular complexity index is 2050. The van der Waals surface area contributed by atoms with Gasteiger partial charge >= 0.3 is 35.0 Å². The van der Waals surface area contributed by atoms with E-state index in [1.54, 1.807) is 0 Å². The molecule has 16 nitrogen and oxygen atoms in total. The van der Waals surface area contributed by atoms with E-state index in [4.69, 9.17) is 14.2 Å². The van der Waals surface area contributed by atoms with Crippen LogP contribution in [0.1, 0.15) is 46.3 Å². The van der Waals surface area contributed by atoms with Gasteiger partial charge in [-0.25, -0.2) is 0 Å². The molecule has 17 heteroatoms. The number of hydrogen-bond donors (Lipinski definition) is 7. The number of carboxylic acid groups (broad SMARTS) is 2. The van der Waals surface area contributed by atoms with Crippen molar-refractivity contribution >= 4 is 46.9 Å². The van der Waals surface area contributed by atoms with E-state index in [0.717, 1.165) is 36.4 Å². The molecule has 5 rings (SSSR count). The molecule has 53 heavy (non-hydrogen) atoms. The van der Waals surface area contributed by atoms with E-state index in [9.17, 15) is 65.1 Å². The van der Waals surface area contributed by atoms with Crippen LogP contribution in [0.15, 0.2) is 66.7 Å². The number of rotatable bonds is 13. The Morgan fingerprint density at radius 2 is 1.13 bits per heavy atom. The van der Waals surface area contributed by atoms with E-state index in [1.165, 1.54) is 30.3 Å². The fourth-order valence-corrected chi connectivity index (χ4v) is 5.71. The summed E-state index contributed by atoms with van der Waals surface area (Å²) >= 11 is 0. The number of aryl methyl sites for hydroxylation is 1. The number of carbonyl (C=O) groups excluding carboxylic acids is 4. The molecule has 0 fully saturated rings. The van der Waals surface area contributed by atoms with E-state index in [-0.39, 0.29) is 63.0 Å². The first-order chi connectivity index (χ1) is 24.6. The average molecular weight is 743 g/mol. The topological polar surface area (TPSA) is 284 Å². The van der Waals surface area contributed by atoms with Crippen molar-refractivity contribution in [1.29, 1.82) is 0 Å². The zero-order chi connectivity index (χ0) is 37.9. The molecule has 0 spiro atoms. The third-order valence-electron chi connectivity index (χ3n) is 8.28. The normalized spacial score (nSPS) is 15.5. The summed E-state index contributed by atoms with van der Waals surface area (Å²) in [6.45, 7) is 0. The molecule has 0 amide bonds. The standard InChI is InChI=1S/C36H32O16.Mg/c37-20-6-1-16(11-24(20)41)13-27(34(45)46)50-29(44)10-5-18-3-9-23(40)33-30(18)31(32(52-33)19-4-8-22(39)26(43)15-19)36(49)51-28(35(47)48)14-17-2-7-21(38)25(42)12-17;/h1-4,6-9,11-12,15,27-28,31-32,37-43H,5,10,13-14H2,(H,45,46)(H,47,48);/q;+2/p-2/t27-,28-,31+,32-;/m1./s1. The van der Waals surface area contributed by atoms with E-state index in [2.05, 4.69) is 0 Å². The second-order valence-electron chi connectivity index (χ2n) is 11.8. The van der Waals surface area contributed by atoms with E-state index in [0.29, 0.717) is 0 Å². The van der Waals surface area contributed by atoms with Crippen LogP contribution in [0.25, 0.3) is 0 Å². The maximum Gasteiger partial charge on any atom is 2.00 e. The molecule has 7 N–H and O–H groups in total. The minimum Gasteiger partial charge on any atom is -0.546 e. The maximum atomic E-state index is 13.9. The van der Waals surface area contributed by atoms with Gasteiger partial charge in [-0.05, 0) is 71.1 Å². The predicted octanol–water partition coefficient (Wildman–Crippen LogP) is 0.204. The van der Waals surface area contributed by atoms with Gasteiger partial charge in [-0.2, -0.15) is 0 Å². The Hall–Kier alpha value is -6.07. The first-order valence-corrected chi connectivity index (χ1v) is 15.5. The van der Waals surface area contributed by atoms with E-state index < -0.39 is 108 Å². The number of fused-ring (bicyclic) bond motifs is 1. The number of aliphatic carboxylic acids is 2. The van der Waals surface area contributed by atoms with Crippen LogP contribution in [0.4, 0.5) is 0 Å². The monoisotopic (exact) mass is 742 g/mol. The summed E-state index contributed by atoms with van der Waals surface area (Å²) in [5, 5.41) is 93.4. The first-order valence-electron chi connectivity index (χ1n) is 15.5. The molecule has 0 unspecified atom stereocenters. The largest absolute Gasteiger partial charge is 2.00 e. The molecule has 4 aromatic carbocycles. The molecule has 0 aliphatic carbocycles. The fraction of sp³-hybridized carbons (Fsp3) is 0.222. The second-order valence-corrected chi connectivity index (χ2v) is 11.8. The minimum atomic E-state index is -1.94. The third-order valence-corrected chi connectivity index (χ3v) is 8.28. The Labute approximate surface area is 315 Å². The number of esters is 2. The van der Waals surface area contributed by atoms with Crippen LogP contribution in [-0.2, 0) is 47.9 Å². The van der Waals surface area contributed by atoms with Crippen LogP contribution in [-0.4, -0.2) is 94.9 Å². The second kappa shape index (κ2) is 16.5. The van der Waals surface area contributed by atoms with Crippen LogP contribution < -0.4 is 14.9 Å². The number of ether oxygens (including phenoxy) is 3. The maximum absolute atomic E-state index is 13.9. The van der Waals surface area contributed by atoms with Gasteiger partial charge in [-0.1, -0.05) is 24.3 Å². The number of aromatic hydroxyl groups is 7. The Kier molecular flexibility index (Phi) is 12.4. The van der Waals surface area contributed by atoms with Crippen LogP contribution in [0, 0.1) is 0 Å².